The van der Waals surface area contributed by atoms with Crippen LogP contribution in [0.4, 0.5) is 15.8 Å². The van der Waals surface area contributed by atoms with Gasteiger partial charge in [0.05, 0.1) is 11.9 Å². The second-order valence-corrected chi connectivity index (χ2v) is 7.76. The van der Waals surface area contributed by atoms with Gasteiger partial charge in [0.15, 0.2) is 0 Å². The molecule has 0 N–H and O–H groups in total. The van der Waals surface area contributed by atoms with Crippen LogP contribution in [0.2, 0.25) is 0 Å². The minimum Gasteiger partial charge on any atom is -0.345 e. The van der Waals surface area contributed by atoms with E-state index in [1.807, 2.05) is 48.3 Å². The van der Waals surface area contributed by atoms with Crippen molar-refractivity contribution in [3.8, 4) is 0 Å². The van der Waals surface area contributed by atoms with E-state index >= 15 is 0 Å². The number of amides is 1. The Balaban J connectivity index is 1.36. The molecule has 5 nitrogen and oxygen atoms in total. The Hall–Kier alpha value is -3.54. The molecule has 6 heteroatoms. The number of nitrogens with zero attached hydrogens (tertiary/aromatic N) is 4. The summed E-state index contributed by atoms with van der Waals surface area (Å²) in [6.45, 7) is 5.50. The summed E-state index contributed by atoms with van der Waals surface area (Å²) in [5.74, 6) is -0.0598. The van der Waals surface area contributed by atoms with Gasteiger partial charge in [-0.1, -0.05) is 6.58 Å². The molecule has 0 atom stereocenters. The smallest absolute Gasteiger partial charge is 0.253 e. The number of allylic oxidation sites excluding steroid dienone is 1. The molecule has 4 rings (SSSR count). The van der Waals surface area contributed by atoms with Gasteiger partial charge in [0, 0.05) is 49.5 Å². The molecular weight excluding hydrogens is 391 g/mol. The molecule has 0 radical (unpaired) electrons. The van der Waals surface area contributed by atoms with Crippen LogP contribution in [0.15, 0.2) is 73.7 Å². The van der Waals surface area contributed by atoms with E-state index in [0.717, 1.165) is 35.5 Å². The Bertz CT molecular complexity index is 1040. The average molecular weight is 417 g/mol. The molecule has 1 amide bonds. The highest BCUT2D eigenvalue weighted by Gasteiger charge is 2.26. The maximum atomic E-state index is 13.1. The molecule has 0 saturated carbocycles. The second kappa shape index (κ2) is 9.08. The Morgan fingerprint density at radius 1 is 1.03 bits per heavy atom. The van der Waals surface area contributed by atoms with Gasteiger partial charge in [0.25, 0.3) is 5.91 Å². The Kier molecular flexibility index (Phi) is 6.07. The Labute approximate surface area is 181 Å². The van der Waals surface area contributed by atoms with E-state index in [0.29, 0.717) is 18.7 Å². The first-order valence-electron chi connectivity index (χ1n) is 10.4. The monoisotopic (exact) mass is 416 g/mol. The molecule has 1 aromatic carbocycles. The fourth-order valence-corrected chi connectivity index (χ4v) is 3.93. The van der Waals surface area contributed by atoms with Crippen molar-refractivity contribution >= 4 is 22.9 Å². The number of pyridine rings is 2. The Morgan fingerprint density at radius 2 is 1.68 bits per heavy atom. The summed E-state index contributed by atoms with van der Waals surface area (Å²) < 4.78 is 13.1. The lowest BCUT2D eigenvalue weighted by molar-refractivity contribution is 0.0708. The maximum Gasteiger partial charge on any atom is 0.253 e. The lowest BCUT2D eigenvalue weighted by atomic mass is 9.88. The molecule has 1 aliphatic heterocycles. The number of piperidine rings is 1. The lowest BCUT2D eigenvalue weighted by Crippen LogP contribution is -2.38. The van der Waals surface area contributed by atoms with Crippen molar-refractivity contribution in [2.45, 2.75) is 12.8 Å². The van der Waals surface area contributed by atoms with Gasteiger partial charge in [-0.05, 0) is 72.9 Å². The highest BCUT2D eigenvalue weighted by molar-refractivity contribution is 5.94. The van der Waals surface area contributed by atoms with E-state index in [4.69, 9.17) is 0 Å². The second-order valence-electron chi connectivity index (χ2n) is 7.76. The number of likely N-dealkylation sites (tertiary alicyclic amines) is 1. The molecule has 1 aliphatic rings. The van der Waals surface area contributed by atoms with Crippen molar-refractivity contribution < 1.29 is 9.18 Å². The van der Waals surface area contributed by atoms with Gasteiger partial charge in [-0.3, -0.25) is 14.8 Å². The first-order chi connectivity index (χ1) is 15.0. The predicted molar refractivity (Wildman–Crippen MR) is 121 cm³/mol. The average Bonchev–Trinajstić information content (AvgIpc) is 2.84. The van der Waals surface area contributed by atoms with E-state index in [-0.39, 0.29) is 17.6 Å². The molecular formula is C25H25FN4O. The summed E-state index contributed by atoms with van der Waals surface area (Å²) in [6, 6.07) is 14.6. The molecule has 1 fully saturated rings. The van der Waals surface area contributed by atoms with Gasteiger partial charge < -0.3 is 9.80 Å². The number of rotatable bonds is 5. The van der Waals surface area contributed by atoms with Crippen LogP contribution in [0.1, 0.15) is 28.9 Å². The topological polar surface area (TPSA) is 49.3 Å². The summed E-state index contributed by atoms with van der Waals surface area (Å²) in [5, 5.41) is 0. The predicted octanol–water partition coefficient (Wildman–Crippen LogP) is 4.95. The lowest BCUT2D eigenvalue weighted by Gasteiger charge is -2.33. The normalized spacial score (nSPS) is 14.3. The van der Waals surface area contributed by atoms with Crippen molar-refractivity contribution in [2.75, 3.05) is 25.0 Å². The van der Waals surface area contributed by atoms with Crippen molar-refractivity contribution in [3.05, 3.63) is 90.8 Å². The van der Waals surface area contributed by atoms with E-state index in [9.17, 15) is 9.18 Å². The summed E-state index contributed by atoms with van der Waals surface area (Å²) in [4.78, 5) is 25.1. The van der Waals surface area contributed by atoms with Gasteiger partial charge in [0.2, 0.25) is 0 Å². The summed E-state index contributed by atoms with van der Waals surface area (Å²) in [7, 11) is 1.99. The first kappa shape index (κ1) is 20.7. The third-order valence-electron chi connectivity index (χ3n) is 5.88. The number of carbonyl (C=O) groups excluding carboxylic acids is 1. The van der Waals surface area contributed by atoms with Crippen LogP contribution < -0.4 is 4.90 Å². The van der Waals surface area contributed by atoms with Crippen LogP contribution in [0, 0.1) is 11.7 Å². The molecule has 0 bridgehead atoms. The van der Waals surface area contributed by atoms with Crippen LogP contribution in [0.25, 0.3) is 5.57 Å². The number of hydrogen-bond donors (Lipinski definition) is 0. The SMILES string of the molecule is C=C(c1ccc(F)cn1)C1CCN(C(=O)c2ccc(N(C)c3ccncc3)cc2)CC1. The van der Waals surface area contributed by atoms with Crippen molar-refractivity contribution in [3.63, 3.8) is 0 Å². The molecule has 158 valence electrons. The van der Waals surface area contributed by atoms with Crippen LogP contribution in [0.3, 0.4) is 0 Å². The van der Waals surface area contributed by atoms with E-state index in [2.05, 4.69) is 21.4 Å². The standard InChI is InChI=1S/C25H25FN4O/c1-18(24-8-5-21(26)17-28-24)19-11-15-30(16-12-19)25(31)20-3-6-22(7-4-20)29(2)23-9-13-27-14-10-23/h3-10,13-14,17,19H,1,11-12,15-16H2,2H3. The number of carbonyl (C=O) groups is 1. The van der Waals surface area contributed by atoms with Gasteiger partial charge in [-0.15, -0.1) is 0 Å². The van der Waals surface area contributed by atoms with Crippen molar-refractivity contribution in [1.82, 2.24) is 14.9 Å². The molecule has 2 aromatic heterocycles. The highest BCUT2D eigenvalue weighted by atomic mass is 19.1. The summed E-state index contributed by atoms with van der Waals surface area (Å²) >= 11 is 0. The van der Waals surface area contributed by atoms with Gasteiger partial charge >= 0.3 is 0 Å². The highest BCUT2D eigenvalue weighted by Crippen LogP contribution is 2.30. The molecule has 0 spiro atoms. The zero-order valence-electron chi connectivity index (χ0n) is 17.5. The van der Waals surface area contributed by atoms with Crippen LogP contribution in [-0.2, 0) is 0 Å². The summed E-state index contributed by atoms with van der Waals surface area (Å²) in [5.41, 5.74) is 4.36. The molecule has 0 unspecified atom stereocenters. The molecule has 3 aromatic rings. The fourth-order valence-electron chi connectivity index (χ4n) is 3.93. The number of aromatic nitrogens is 2. The minimum absolute atomic E-state index is 0.0436. The third-order valence-corrected chi connectivity index (χ3v) is 5.88. The van der Waals surface area contributed by atoms with E-state index in [1.165, 1.54) is 12.3 Å². The third kappa shape index (κ3) is 4.63. The van der Waals surface area contributed by atoms with Gasteiger partial charge in [0.1, 0.15) is 5.82 Å². The van der Waals surface area contributed by atoms with E-state index in [1.54, 1.807) is 18.5 Å². The van der Waals surface area contributed by atoms with Crippen molar-refractivity contribution in [1.29, 1.82) is 0 Å². The van der Waals surface area contributed by atoms with Crippen LogP contribution in [-0.4, -0.2) is 40.9 Å². The number of hydrogen-bond acceptors (Lipinski definition) is 4. The van der Waals surface area contributed by atoms with Gasteiger partial charge in [-0.25, -0.2) is 4.39 Å². The molecule has 1 saturated heterocycles. The number of benzene rings is 1. The van der Waals surface area contributed by atoms with Crippen LogP contribution >= 0.6 is 0 Å². The number of halogens is 1. The maximum absolute atomic E-state index is 13.1. The van der Waals surface area contributed by atoms with Gasteiger partial charge in [-0.2, -0.15) is 0 Å². The summed E-state index contributed by atoms with van der Waals surface area (Å²) in [6.07, 6.45) is 6.39. The minimum atomic E-state index is -0.352. The zero-order chi connectivity index (χ0) is 21.8. The first-order valence-corrected chi connectivity index (χ1v) is 10.4. The molecule has 3 heterocycles. The zero-order valence-corrected chi connectivity index (χ0v) is 17.5. The largest absolute Gasteiger partial charge is 0.345 e. The van der Waals surface area contributed by atoms with Crippen LogP contribution in [0.5, 0.6) is 0 Å². The van der Waals surface area contributed by atoms with Crippen molar-refractivity contribution in [2.24, 2.45) is 5.92 Å². The molecule has 31 heavy (non-hydrogen) atoms. The Morgan fingerprint density at radius 3 is 2.29 bits per heavy atom. The quantitative estimate of drug-likeness (QED) is 0.591. The fraction of sp³-hybridized carbons (Fsp3) is 0.240. The number of anilines is 2. The molecule has 0 aliphatic carbocycles. The van der Waals surface area contributed by atoms with E-state index < -0.39 is 0 Å².